The molecule has 21 heavy (non-hydrogen) atoms. The summed E-state index contributed by atoms with van der Waals surface area (Å²) in [4.78, 5) is 14.3. The van der Waals surface area contributed by atoms with Gasteiger partial charge in [0.2, 0.25) is 0 Å². The van der Waals surface area contributed by atoms with E-state index in [-0.39, 0.29) is 12.5 Å². The molecule has 0 fully saturated rings. The highest BCUT2D eigenvalue weighted by Crippen LogP contribution is 2.20. The number of rotatable bonds is 7. The largest absolute Gasteiger partial charge is 0.483 e. The molecule has 3 heteroatoms. The van der Waals surface area contributed by atoms with Crippen LogP contribution in [0.5, 0.6) is 5.75 Å². The van der Waals surface area contributed by atoms with Crippen molar-refractivity contribution >= 4 is 5.91 Å². The van der Waals surface area contributed by atoms with Gasteiger partial charge in [-0.05, 0) is 42.9 Å². The molecule has 0 atom stereocenters. The Hall–Kier alpha value is -1.51. The Morgan fingerprint density at radius 1 is 1.10 bits per heavy atom. The standard InChI is InChI=1S/C18H29NO2/c1-13(2)10-19(11-14(3)4)18(20)12-21-17-9-7-8-15(5)16(17)6/h7-9,13-14H,10-12H2,1-6H3. The third-order valence-electron chi connectivity index (χ3n) is 3.43. The van der Waals surface area contributed by atoms with E-state index in [1.54, 1.807) is 0 Å². The normalized spacial score (nSPS) is 11.0. The van der Waals surface area contributed by atoms with Gasteiger partial charge in [-0.2, -0.15) is 0 Å². The van der Waals surface area contributed by atoms with Gasteiger partial charge in [-0.3, -0.25) is 4.79 Å². The van der Waals surface area contributed by atoms with E-state index in [1.165, 1.54) is 5.56 Å². The number of carbonyl (C=O) groups excluding carboxylic acids is 1. The maximum absolute atomic E-state index is 12.4. The minimum atomic E-state index is 0.0679. The molecule has 118 valence electrons. The quantitative estimate of drug-likeness (QED) is 0.764. The molecule has 0 N–H and O–H groups in total. The summed E-state index contributed by atoms with van der Waals surface area (Å²) in [5.74, 6) is 1.80. The minimum absolute atomic E-state index is 0.0679. The van der Waals surface area contributed by atoms with Crippen molar-refractivity contribution in [3.05, 3.63) is 29.3 Å². The highest BCUT2D eigenvalue weighted by molar-refractivity contribution is 5.77. The molecule has 0 bridgehead atoms. The first-order chi connectivity index (χ1) is 9.81. The van der Waals surface area contributed by atoms with Crippen LogP contribution in [0.3, 0.4) is 0 Å². The van der Waals surface area contributed by atoms with E-state index in [0.717, 1.165) is 24.4 Å². The molecule has 1 amide bonds. The fourth-order valence-electron chi connectivity index (χ4n) is 2.27. The molecule has 1 aromatic rings. The third-order valence-corrected chi connectivity index (χ3v) is 3.43. The van der Waals surface area contributed by atoms with Gasteiger partial charge in [0.15, 0.2) is 6.61 Å². The number of carbonyl (C=O) groups is 1. The fourth-order valence-corrected chi connectivity index (χ4v) is 2.27. The van der Waals surface area contributed by atoms with E-state index in [4.69, 9.17) is 4.74 Å². The van der Waals surface area contributed by atoms with Gasteiger partial charge in [0.25, 0.3) is 5.91 Å². The number of amides is 1. The van der Waals surface area contributed by atoms with E-state index in [1.807, 2.05) is 36.9 Å². The smallest absolute Gasteiger partial charge is 0.260 e. The molecule has 0 aliphatic rings. The predicted octanol–water partition coefficient (Wildman–Crippen LogP) is 3.82. The van der Waals surface area contributed by atoms with Gasteiger partial charge < -0.3 is 9.64 Å². The Morgan fingerprint density at radius 3 is 2.19 bits per heavy atom. The summed E-state index contributed by atoms with van der Waals surface area (Å²) >= 11 is 0. The molecule has 0 aliphatic heterocycles. The van der Waals surface area contributed by atoms with Crippen molar-refractivity contribution in [1.29, 1.82) is 0 Å². The summed E-state index contributed by atoms with van der Waals surface area (Å²) in [6.07, 6.45) is 0. The maximum Gasteiger partial charge on any atom is 0.260 e. The summed E-state index contributed by atoms with van der Waals surface area (Å²) in [5.41, 5.74) is 2.28. The second kappa shape index (κ2) is 8.06. The molecule has 0 heterocycles. The summed E-state index contributed by atoms with van der Waals surface area (Å²) in [6, 6.07) is 5.93. The summed E-state index contributed by atoms with van der Waals surface area (Å²) in [7, 11) is 0. The van der Waals surface area contributed by atoms with Crippen molar-refractivity contribution in [2.24, 2.45) is 11.8 Å². The zero-order valence-corrected chi connectivity index (χ0v) is 14.3. The molecule has 0 saturated heterocycles. The summed E-state index contributed by atoms with van der Waals surface area (Å²) in [5, 5.41) is 0. The average molecular weight is 291 g/mol. The third kappa shape index (κ3) is 5.78. The highest BCUT2D eigenvalue weighted by Gasteiger charge is 2.17. The van der Waals surface area contributed by atoms with E-state index in [9.17, 15) is 4.79 Å². The Bertz CT molecular complexity index is 456. The lowest BCUT2D eigenvalue weighted by atomic mass is 10.1. The van der Waals surface area contributed by atoms with Crippen LogP contribution >= 0.6 is 0 Å². The lowest BCUT2D eigenvalue weighted by molar-refractivity contribution is -0.134. The van der Waals surface area contributed by atoms with Crippen molar-refractivity contribution in [2.75, 3.05) is 19.7 Å². The van der Waals surface area contributed by atoms with E-state index in [0.29, 0.717) is 11.8 Å². The molecule has 3 nitrogen and oxygen atoms in total. The van der Waals surface area contributed by atoms with Gasteiger partial charge in [-0.1, -0.05) is 39.8 Å². The average Bonchev–Trinajstić information content (AvgIpc) is 2.38. The molecular formula is C18H29NO2. The van der Waals surface area contributed by atoms with Crippen molar-refractivity contribution < 1.29 is 9.53 Å². The Morgan fingerprint density at radius 2 is 1.67 bits per heavy atom. The topological polar surface area (TPSA) is 29.5 Å². The molecule has 0 aliphatic carbocycles. The van der Waals surface area contributed by atoms with Crippen LogP contribution in [-0.4, -0.2) is 30.5 Å². The van der Waals surface area contributed by atoms with Crippen LogP contribution in [-0.2, 0) is 4.79 Å². The first kappa shape index (κ1) is 17.5. The Kier molecular flexibility index (Phi) is 6.73. The molecule has 0 radical (unpaired) electrons. The van der Waals surface area contributed by atoms with Gasteiger partial charge >= 0.3 is 0 Å². The Balaban J connectivity index is 2.66. The number of nitrogens with zero attached hydrogens (tertiary/aromatic N) is 1. The van der Waals surface area contributed by atoms with E-state index in [2.05, 4.69) is 27.7 Å². The van der Waals surface area contributed by atoms with Crippen LogP contribution in [0.15, 0.2) is 18.2 Å². The van der Waals surface area contributed by atoms with Crippen molar-refractivity contribution in [3.8, 4) is 5.75 Å². The second-order valence-corrected chi connectivity index (χ2v) is 6.57. The molecule has 0 spiro atoms. The molecule has 0 saturated carbocycles. The first-order valence-corrected chi connectivity index (χ1v) is 7.78. The van der Waals surface area contributed by atoms with Crippen LogP contribution in [0.1, 0.15) is 38.8 Å². The Labute approximate surface area is 129 Å². The van der Waals surface area contributed by atoms with E-state index < -0.39 is 0 Å². The lowest BCUT2D eigenvalue weighted by Gasteiger charge is -2.26. The SMILES string of the molecule is Cc1cccc(OCC(=O)N(CC(C)C)CC(C)C)c1C. The highest BCUT2D eigenvalue weighted by atomic mass is 16.5. The monoisotopic (exact) mass is 291 g/mol. The number of aryl methyl sites for hydroxylation is 1. The van der Waals surface area contributed by atoms with Gasteiger partial charge in [0.05, 0.1) is 0 Å². The molecule has 0 aromatic heterocycles. The fraction of sp³-hybridized carbons (Fsp3) is 0.611. The zero-order chi connectivity index (χ0) is 16.0. The predicted molar refractivity (Wildman–Crippen MR) is 87.7 cm³/mol. The molecule has 1 aromatic carbocycles. The van der Waals surface area contributed by atoms with Crippen LogP contribution in [0.2, 0.25) is 0 Å². The zero-order valence-electron chi connectivity index (χ0n) is 14.3. The van der Waals surface area contributed by atoms with Gasteiger partial charge in [-0.25, -0.2) is 0 Å². The maximum atomic E-state index is 12.4. The van der Waals surface area contributed by atoms with Crippen LogP contribution in [0, 0.1) is 25.7 Å². The second-order valence-electron chi connectivity index (χ2n) is 6.57. The molecule has 1 rings (SSSR count). The van der Waals surface area contributed by atoms with Crippen molar-refractivity contribution in [1.82, 2.24) is 4.90 Å². The van der Waals surface area contributed by atoms with Crippen LogP contribution < -0.4 is 4.74 Å². The molecular weight excluding hydrogens is 262 g/mol. The van der Waals surface area contributed by atoms with Gasteiger partial charge in [0, 0.05) is 13.1 Å². The van der Waals surface area contributed by atoms with Crippen molar-refractivity contribution in [2.45, 2.75) is 41.5 Å². The minimum Gasteiger partial charge on any atom is -0.483 e. The summed E-state index contributed by atoms with van der Waals surface area (Å²) in [6.45, 7) is 14.3. The summed E-state index contributed by atoms with van der Waals surface area (Å²) < 4.78 is 5.73. The van der Waals surface area contributed by atoms with Crippen LogP contribution in [0.25, 0.3) is 0 Å². The van der Waals surface area contributed by atoms with Gasteiger partial charge in [-0.15, -0.1) is 0 Å². The molecule has 0 unspecified atom stereocenters. The van der Waals surface area contributed by atoms with Crippen molar-refractivity contribution in [3.63, 3.8) is 0 Å². The number of benzene rings is 1. The number of hydrogen-bond acceptors (Lipinski definition) is 2. The number of ether oxygens (including phenoxy) is 1. The lowest BCUT2D eigenvalue weighted by Crippen LogP contribution is -2.39. The van der Waals surface area contributed by atoms with Gasteiger partial charge in [0.1, 0.15) is 5.75 Å². The van der Waals surface area contributed by atoms with Crippen LogP contribution in [0.4, 0.5) is 0 Å². The number of hydrogen-bond donors (Lipinski definition) is 0. The first-order valence-electron chi connectivity index (χ1n) is 7.78. The van der Waals surface area contributed by atoms with E-state index >= 15 is 0 Å².